The summed E-state index contributed by atoms with van der Waals surface area (Å²) in [5.74, 6) is -1.25. The number of nitrogens with zero attached hydrogens (tertiary/aromatic N) is 2. The Bertz CT molecular complexity index is 695. The summed E-state index contributed by atoms with van der Waals surface area (Å²) in [6.45, 7) is 1.62. The molecule has 0 spiro atoms. The Balaban J connectivity index is 2.49. The third kappa shape index (κ3) is 2.58. The molecule has 3 amide bonds. The zero-order valence-electron chi connectivity index (χ0n) is 10.6. The van der Waals surface area contributed by atoms with Crippen LogP contribution in [0, 0.1) is 12.7 Å². The summed E-state index contributed by atoms with van der Waals surface area (Å²) in [5.41, 5.74) is 10.9. The van der Waals surface area contributed by atoms with Gasteiger partial charge in [0.05, 0.1) is 17.6 Å². The molecule has 7 nitrogen and oxygen atoms in total. The van der Waals surface area contributed by atoms with Crippen molar-refractivity contribution in [3.8, 4) is 5.69 Å². The molecule has 8 heteroatoms. The molecular formula is C12H12FN5O2. The second kappa shape index (κ2) is 5.00. The van der Waals surface area contributed by atoms with Gasteiger partial charge in [-0.3, -0.25) is 4.79 Å². The van der Waals surface area contributed by atoms with Crippen molar-refractivity contribution in [3.63, 3.8) is 0 Å². The molecule has 0 unspecified atom stereocenters. The first kappa shape index (κ1) is 13.5. The van der Waals surface area contributed by atoms with Gasteiger partial charge in [0.25, 0.3) is 5.91 Å². The Kier molecular flexibility index (Phi) is 3.38. The number of hydrogen-bond acceptors (Lipinski definition) is 3. The van der Waals surface area contributed by atoms with Crippen molar-refractivity contribution >= 4 is 17.6 Å². The van der Waals surface area contributed by atoms with Gasteiger partial charge in [0, 0.05) is 0 Å². The minimum atomic E-state index is -0.859. The molecule has 1 heterocycles. The summed E-state index contributed by atoms with van der Waals surface area (Å²) in [6.07, 6.45) is 1.33. The summed E-state index contributed by atoms with van der Waals surface area (Å²) in [7, 11) is 0. The monoisotopic (exact) mass is 277 g/mol. The van der Waals surface area contributed by atoms with Crippen LogP contribution in [0.1, 0.15) is 16.1 Å². The first-order chi connectivity index (χ1) is 9.38. The maximum Gasteiger partial charge on any atom is 0.316 e. The highest BCUT2D eigenvalue weighted by atomic mass is 19.1. The van der Waals surface area contributed by atoms with Crippen molar-refractivity contribution in [2.45, 2.75) is 6.92 Å². The molecule has 0 bridgehead atoms. The second-order valence-corrected chi connectivity index (χ2v) is 4.12. The number of carbonyl (C=O) groups is 2. The van der Waals surface area contributed by atoms with E-state index in [1.54, 1.807) is 19.1 Å². The lowest BCUT2D eigenvalue weighted by molar-refractivity contribution is 0.0996. The molecular weight excluding hydrogens is 265 g/mol. The number of halogens is 1. The van der Waals surface area contributed by atoms with Crippen molar-refractivity contribution in [1.82, 2.24) is 9.78 Å². The first-order valence-corrected chi connectivity index (χ1v) is 5.61. The second-order valence-electron chi connectivity index (χ2n) is 4.12. The summed E-state index contributed by atoms with van der Waals surface area (Å²) in [4.78, 5) is 22.1. The largest absolute Gasteiger partial charge is 0.364 e. The summed E-state index contributed by atoms with van der Waals surface area (Å²) in [5, 5.41) is 6.14. The number of carbonyl (C=O) groups excluding carboxylic acids is 2. The molecule has 0 fully saturated rings. The fourth-order valence-corrected chi connectivity index (χ4v) is 1.64. The number of aromatic nitrogens is 2. The van der Waals surface area contributed by atoms with Crippen LogP contribution in [0.3, 0.4) is 0 Å². The summed E-state index contributed by atoms with van der Waals surface area (Å²) >= 11 is 0. The molecule has 2 rings (SSSR count). The van der Waals surface area contributed by atoms with E-state index in [1.165, 1.54) is 16.9 Å². The average Bonchev–Trinajstić information content (AvgIpc) is 2.76. The maximum atomic E-state index is 13.5. The highest BCUT2D eigenvalue weighted by molar-refractivity contribution is 6.00. The molecule has 0 radical (unpaired) electrons. The Morgan fingerprint density at radius 2 is 2.05 bits per heavy atom. The highest BCUT2D eigenvalue weighted by Crippen LogP contribution is 2.18. The van der Waals surface area contributed by atoms with Gasteiger partial charge in [-0.2, -0.15) is 5.10 Å². The van der Waals surface area contributed by atoms with Gasteiger partial charge < -0.3 is 16.8 Å². The van der Waals surface area contributed by atoms with Crippen molar-refractivity contribution in [2.75, 3.05) is 5.32 Å². The Hall–Kier alpha value is -2.90. The van der Waals surface area contributed by atoms with Gasteiger partial charge in [-0.05, 0) is 24.6 Å². The number of primary amides is 2. The number of benzene rings is 1. The number of aryl methyl sites for hydroxylation is 1. The van der Waals surface area contributed by atoms with Crippen LogP contribution in [0.25, 0.3) is 5.69 Å². The Morgan fingerprint density at radius 1 is 1.35 bits per heavy atom. The minimum absolute atomic E-state index is 0.0611. The molecule has 0 aliphatic carbocycles. The standard InChI is InChI=1S/C12H12FN5O2/c1-6-2-3-7(4-8(6)13)18-5-9(16-12(15)20)10(17-18)11(14)19/h2-5H,1H3,(H2,14,19)(H3,15,16,20). The number of urea groups is 1. The van der Waals surface area contributed by atoms with Crippen LogP contribution in [-0.4, -0.2) is 21.7 Å². The lowest BCUT2D eigenvalue weighted by Crippen LogP contribution is -2.22. The van der Waals surface area contributed by atoms with Crippen LogP contribution < -0.4 is 16.8 Å². The van der Waals surface area contributed by atoms with Crippen LogP contribution in [0.15, 0.2) is 24.4 Å². The van der Waals surface area contributed by atoms with E-state index in [1.807, 2.05) is 0 Å². The van der Waals surface area contributed by atoms with Crippen LogP contribution in [-0.2, 0) is 0 Å². The molecule has 2 aromatic rings. The molecule has 0 atom stereocenters. The minimum Gasteiger partial charge on any atom is -0.364 e. The summed E-state index contributed by atoms with van der Waals surface area (Å²) in [6, 6.07) is 3.57. The molecule has 1 aromatic heterocycles. The predicted octanol–water partition coefficient (Wildman–Crippen LogP) is 0.909. The third-order valence-electron chi connectivity index (χ3n) is 2.63. The average molecular weight is 277 g/mol. The van der Waals surface area contributed by atoms with Crippen molar-refractivity contribution < 1.29 is 14.0 Å². The van der Waals surface area contributed by atoms with Crippen molar-refractivity contribution in [3.05, 3.63) is 41.5 Å². The van der Waals surface area contributed by atoms with Gasteiger partial charge in [-0.25, -0.2) is 13.9 Å². The van der Waals surface area contributed by atoms with Gasteiger partial charge in [0.15, 0.2) is 5.69 Å². The van der Waals surface area contributed by atoms with E-state index >= 15 is 0 Å². The van der Waals surface area contributed by atoms with Crippen LogP contribution in [0.5, 0.6) is 0 Å². The molecule has 0 aliphatic rings. The normalized spacial score (nSPS) is 10.3. The van der Waals surface area contributed by atoms with Gasteiger partial charge in [-0.1, -0.05) is 6.07 Å². The summed E-state index contributed by atoms with van der Waals surface area (Å²) < 4.78 is 14.7. The molecule has 1 aromatic carbocycles. The van der Waals surface area contributed by atoms with Gasteiger partial charge >= 0.3 is 6.03 Å². The predicted molar refractivity (Wildman–Crippen MR) is 70.0 cm³/mol. The molecule has 0 aliphatic heterocycles. The molecule has 0 saturated heterocycles. The number of rotatable bonds is 3. The molecule has 20 heavy (non-hydrogen) atoms. The first-order valence-electron chi connectivity index (χ1n) is 5.61. The molecule has 5 N–H and O–H groups in total. The molecule has 0 saturated carbocycles. The Labute approximate surface area is 113 Å². The number of amides is 3. The molecule has 104 valence electrons. The van der Waals surface area contributed by atoms with E-state index in [2.05, 4.69) is 10.4 Å². The maximum absolute atomic E-state index is 13.5. The van der Waals surface area contributed by atoms with E-state index in [0.29, 0.717) is 11.3 Å². The van der Waals surface area contributed by atoms with Gasteiger partial charge in [0.2, 0.25) is 0 Å². The zero-order valence-corrected chi connectivity index (χ0v) is 10.6. The van der Waals surface area contributed by atoms with Crippen LogP contribution in [0.4, 0.5) is 14.9 Å². The number of hydrogen-bond donors (Lipinski definition) is 3. The van der Waals surface area contributed by atoms with Crippen molar-refractivity contribution in [2.24, 2.45) is 11.5 Å². The zero-order chi connectivity index (χ0) is 14.9. The smallest absolute Gasteiger partial charge is 0.316 e. The van der Waals surface area contributed by atoms with Crippen LogP contribution >= 0.6 is 0 Å². The van der Waals surface area contributed by atoms with E-state index < -0.39 is 17.8 Å². The number of nitrogens with two attached hydrogens (primary N) is 2. The number of anilines is 1. The highest BCUT2D eigenvalue weighted by Gasteiger charge is 2.16. The van der Waals surface area contributed by atoms with Crippen molar-refractivity contribution in [1.29, 1.82) is 0 Å². The van der Waals surface area contributed by atoms with E-state index in [9.17, 15) is 14.0 Å². The lowest BCUT2D eigenvalue weighted by Gasteiger charge is -2.02. The third-order valence-corrected chi connectivity index (χ3v) is 2.63. The van der Waals surface area contributed by atoms with Gasteiger partial charge in [-0.15, -0.1) is 0 Å². The number of nitrogens with one attached hydrogen (secondary N) is 1. The Morgan fingerprint density at radius 3 is 2.60 bits per heavy atom. The van der Waals surface area contributed by atoms with E-state index in [-0.39, 0.29) is 11.4 Å². The fourth-order valence-electron chi connectivity index (χ4n) is 1.64. The van der Waals surface area contributed by atoms with Crippen LogP contribution in [0.2, 0.25) is 0 Å². The van der Waals surface area contributed by atoms with E-state index in [0.717, 1.165) is 0 Å². The lowest BCUT2D eigenvalue weighted by atomic mass is 10.2. The fraction of sp³-hybridized carbons (Fsp3) is 0.0833. The van der Waals surface area contributed by atoms with Gasteiger partial charge in [0.1, 0.15) is 5.82 Å². The van der Waals surface area contributed by atoms with E-state index in [4.69, 9.17) is 11.5 Å². The quantitative estimate of drug-likeness (QED) is 0.774. The topological polar surface area (TPSA) is 116 Å². The SMILES string of the molecule is Cc1ccc(-n2cc(NC(N)=O)c(C(N)=O)n2)cc1F.